The largest absolute Gasteiger partial charge is 0.395 e. The molecule has 3 aromatic rings. The summed E-state index contributed by atoms with van der Waals surface area (Å²) in [5, 5.41) is 13.8. The summed E-state index contributed by atoms with van der Waals surface area (Å²) in [5.74, 6) is 0.395. The summed E-state index contributed by atoms with van der Waals surface area (Å²) in [4.78, 5) is 17.0. The molecule has 0 fully saturated rings. The Morgan fingerprint density at radius 1 is 1.13 bits per heavy atom. The van der Waals surface area contributed by atoms with Gasteiger partial charge in [0.1, 0.15) is 0 Å². The van der Waals surface area contributed by atoms with E-state index in [9.17, 15) is 9.90 Å². The van der Waals surface area contributed by atoms with Crippen molar-refractivity contribution in [3.8, 4) is 0 Å². The fraction of sp³-hybridized carbons (Fsp3) is 0.118. The Kier molecular flexibility index (Phi) is 4.44. The smallest absolute Gasteiger partial charge is 0.261 e. The van der Waals surface area contributed by atoms with Crippen molar-refractivity contribution >= 4 is 22.8 Å². The molecule has 0 atom stereocenters. The lowest BCUT2D eigenvalue weighted by molar-refractivity contribution is 0.273. The zero-order chi connectivity index (χ0) is 16.1. The van der Waals surface area contributed by atoms with Crippen LogP contribution in [0.25, 0.3) is 10.9 Å². The van der Waals surface area contributed by atoms with Gasteiger partial charge in [-0.3, -0.25) is 14.8 Å². The maximum Gasteiger partial charge on any atom is 0.261 e. The molecule has 0 saturated heterocycles. The van der Waals surface area contributed by atoms with Crippen LogP contribution in [0.1, 0.15) is 5.82 Å². The first-order chi connectivity index (χ1) is 11.3. The van der Waals surface area contributed by atoms with Gasteiger partial charge in [-0.1, -0.05) is 30.3 Å². The summed E-state index contributed by atoms with van der Waals surface area (Å²) in [6.45, 7) is 0.0240. The number of benzene rings is 2. The minimum atomic E-state index is -0.189. The standard InChI is InChI=1S/C17H16N4O2/c22-11-10-21-16(12-18-20-13-6-2-1-3-7-13)19-15-9-5-4-8-14(15)17(21)23/h1-9,12,20,22H,10-11H2/b18-12+. The van der Waals surface area contributed by atoms with Crippen LogP contribution in [-0.4, -0.2) is 27.5 Å². The number of hydrogen-bond donors (Lipinski definition) is 2. The van der Waals surface area contributed by atoms with E-state index in [1.165, 1.54) is 10.8 Å². The molecule has 0 radical (unpaired) electrons. The van der Waals surface area contributed by atoms with Crippen LogP contribution in [0.3, 0.4) is 0 Å². The lowest BCUT2D eigenvalue weighted by Crippen LogP contribution is -2.26. The van der Waals surface area contributed by atoms with Crippen molar-refractivity contribution in [3.05, 3.63) is 70.8 Å². The first kappa shape index (κ1) is 14.9. The number of hydrogen-bond acceptors (Lipinski definition) is 5. The second kappa shape index (κ2) is 6.85. The molecule has 0 bridgehead atoms. The number of nitrogens with one attached hydrogen (secondary N) is 1. The fourth-order valence-corrected chi connectivity index (χ4v) is 2.28. The molecule has 1 heterocycles. The monoisotopic (exact) mass is 308 g/mol. The number of nitrogens with zero attached hydrogens (tertiary/aromatic N) is 3. The van der Waals surface area contributed by atoms with E-state index in [0.29, 0.717) is 16.7 Å². The molecule has 6 nitrogen and oxygen atoms in total. The van der Waals surface area contributed by atoms with E-state index in [4.69, 9.17) is 0 Å². The van der Waals surface area contributed by atoms with Crippen molar-refractivity contribution in [2.45, 2.75) is 6.54 Å². The van der Waals surface area contributed by atoms with Gasteiger partial charge < -0.3 is 5.11 Å². The van der Waals surface area contributed by atoms with Gasteiger partial charge in [0.15, 0.2) is 5.82 Å². The number of anilines is 1. The van der Waals surface area contributed by atoms with Crippen LogP contribution >= 0.6 is 0 Å². The minimum absolute atomic E-state index is 0.146. The first-order valence-corrected chi connectivity index (χ1v) is 7.24. The maximum absolute atomic E-state index is 12.5. The van der Waals surface area contributed by atoms with Gasteiger partial charge in [0, 0.05) is 0 Å². The van der Waals surface area contributed by atoms with Gasteiger partial charge >= 0.3 is 0 Å². The molecule has 3 rings (SSSR count). The van der Waals surface area contributed by atoms with E-state index in [0.717, 1.165) is 5.69 Å². The fourth-order valence-electron chi connectivity index (χ4n) is 2.28. The summed E-state index contributed by atoms with van der Waals surface area (Å²) < 4.78 is 1.42. The predicted molar refractivity (Wildman–Crippen MR) is 90.7 cm³/mol. The zero-order valence-corrected chi connectivity index (χ0v) is 12.4. The van der Waals surface area contributed by atoms with Crippen LogP contribution in [0.4, 0.5) is 5.69 Å². The second-order valence-corrected chi connectivity index (χ2v) is 4.90. The summed E-state index contributed by atoms with van der Waals surface area (Å²) in [6.07, 6.45) is 1.48. The normalized spacial score (nSPS) is 11.2. The van der Waals surface area contributed by atoms with Crippen LogP contribution in [0, 0.1) is 0 Å². The highest BCUT2D eigenvalue weighted by Gasteiger charge is 2.08. The third-order valence-electron chi connectivity index (χ3n) is 3.36. The zero-order valence-electron chi connectivity index (χ0n) is 12.4. The van der Waals surface area contributed by atoms with Crippen molar-refractivity contribution < 1.29 is 5.11 Å². The highest BCUT2D eigenvalue weighted by atomic mass is 16.3. The number of hydrazone groups is 1. The van der Waals surface area contributed by atoms with Gasteiger partial charge in [0.25, 0.3) is 5.56 Å². The van der Waals surface area contributed by atoms with Crippen molar-refractivity contribution in [1.82, 2.24) is 9.55 Å². The van der Waals surface area contributed by atoms with E-state index in [2.05, 4.69) is 15.5 Å². The summed E-state index contributed by atoms with van der Waals surface area (Å²) >= 11 is 0. The quantitative estimate of drug-likeness (QED) is 0.557. The van der Waals surface area contributed by atoms with Gasteiger partial charge in [0.05, 0.1) is 36.0 Å². The number of para-hydroxylation sites is 2. The summed E-state index contributed by atoms with van der Waals surface area (Å²) in [6, 6.07) is 16.6. The second-order valence-electron chi connectivity index (χ2n) is 4.90. The van der Waals surface area contributed by atoms with E-state index < -0.39 is 0 Å². The third kappa shape index (κ3) is 3.27. The van der Waals surface area contributed by atoms with Crippen LogP contribution in [0.5, 0.6) is 0 Å². The molecule has 0 spiro atoms. The lowest BCUT2D eigenvalue weighted by atomic mass is 10.2. The minimum Gasteiger partial charge on any atom is -0.395 e. The molecule has 0 unspecified atom stereocenters. The van der Waals surface area contributed by atoms with Crippen molar-refractivity contribution in [3.63, 3.8) is 0 Å². The molecule has 0 saturated carbocycles. The molecule has 6 heteroatoms. The average Bonchev–Trinajstić information content (AvgIpc) is 2.59. The molecule has 0 aliphatic carbocycles. The van der Waals surface area contributed by atoms with Crippen molar-refractivity contribution in [2.24, 2.45) is 5.10 Å². The van der Waals surface area contributed by atoms with Crippen molar-refractivity contribution in [1.29, 1.82) is 0 Å². The first-order valence-electron chi connectivity index (χ1n) is 7.24. The predicted octanol–water partition coefficient (Wildman–Crippen LogP) is 1.83. The van der Waals surface area contributed by atoms with Crippen LogP contribution in [0.2, 0.25) is 0 Å². The van der Waals surface area contributed by atoms with Gasteiger partial charge in [-0.2, -0.15) is 5.10 Å². The molecule has 1 aromatic heterocycles. The highest BCUT2D eigenvalue weighted by molar-refractivity contribution is 5.83. The average molecular weight is 308 g/mol. The number of rotatable bonds is 5. The van der Waals surface area contributed by atoms with Crippen LogP contribution < -0.4 is 11.0 Å². The molecular formula is C17H16N4O2. The molecule has 23 heavy (non-hydrogen) atoms. The molecule has 0 aliphatic heterocycles. The Morgan fingerprint density at radius 2 is 1.87 bits per heavy atom. The Labute approximate surface area is 132 Å². The summed E-state index contributed by atoms with van der Waals surface area (Å²) in [7, 11) is 0. The molecular weight excluding hydrogens is 292 g/mol. The van der Waals surface area contributed by atoms with E-state index in [1.807, 2.05) is 36.4 Å². The molecule has 0 aliphatic rings. The molecule has 2 N–H and O–H groups in total. The van der Waals surface area contributed by atoms with Gasteiger partial charge in [-0.25, -0.2) is 4.98 Å². The van der Waals surface area contributed by atoms with E-state index in [1.54, 1.807) is 18.2 Å². The number of aliphatic hydroxyl groups is 1. The topological polar surface area (TPSA) is 79.5 Å². The van der Waals surface area contributed by atoms with E-state index >= 15 is 0 Å². The van der Waals surface area contributed by atoms with E-state index in [-0.39, 0.29) is 18.7 Å². The van der Waals surface area contributed by atoms with Crippen molar-refractivity contribution in [2.75, 3.05) is 12.0 Å². The van der Waals surface area contributed by atoms with Gasteiger partial charge in [-0.15, -0.1) is 0 Å². The van der Waals surface area contributed by atoms with Crippen LogP contribution in [0.15, 0.2) is 64.5 Å². The Bertz CT molecular complexity index is 888. The van der Waals surface area contributed by atoms with Crippen LogP contribution in [-0.2, 0) is 6.54 Å². The van der Waals surface area contributed by atoms with Gasteiger partial charge in [0.2, 0.25) is 0 Å². The molecule has 0 amide bonds. The summed E-state index contributed by atoms with van der Waals surface area (Å²) in [5.41, 5.74) is 4.13. The SMILES string of the molecule is O=c1c2ccccc2nc(/C=N/Nc2ccccc2)n1CCO. The molecule has 116 valence electrons. The number of aromatic nitrogens is 2. The van der Waals surface area contributed by atoms with Gasteiger partial charge in [-0.05, 0) is 24.3 Å². The maximum atomic E-state index is 12.5. The highest BCUT2D eigenvalue weighted by Crippen LogP contribution is 2.08. The lowest BCUT2D eigenvalue weighted by Gasteiger charge is -2.09. The number of aliphatic hydroxyl groups excluding tert-OH is 1. The molecule has 2 aromatic carbocycles. The Morgan fingerprint density at radius 3 is 2.65 bits per heavy atom. The Balaban J connectivity index is 1.98. The third-order valence-corrected chi connectivity index (χ3v) is 3.36. The number of fused-ring (bicyclic) bond motifs is 1. The Hall–Kier alpha value is -2.99.